The molecule has 0 saturated heterocycles. The number of carbonyl (C=O) groups is 1. The summed E-state index contributed by atoms with van der Waals surface area (Å²) in [7, 11) is 0. The van der Waals surface area contributed by atoms with E-state index in [1.165, 1.54) is 0 Å². The molecule has 0 aromatic heterocycles. The van der Waals surface area contributed by atoms with Crippen LogP contribution >= 0.6 is 0 Å². The van der Waals surface area contributed by atoms with Crippen LogP contribution < -0.4 is 0 Å². The van der Waals surface area contributed by atoms with Crippen LogP contribution in [-0.2, 0) is 4.79 Å². The Hall–Kier alpha value is -0.790. The third-order valence-electron chi connectivity index (χ3n) is 3.25. The maximum atomic E-state index is 11.1. The molecule has 0 amide bonds. The van der Waals surface area contributed by atoms with Gasteiger partial charge in [-0.2, -0.15) is 0 Å². The van der Waals surface area contributed by atoms with Crippen molar-refractivity contribution >= 4 is 5.97 Å². The standard InChI is InChI=1S/C11H18O2/c1-7-5-6-11(3,4)9(8(7)2)10(12)13/h7,9H,2,5-6H2,1,3-4H3,(H,12,13). The summed E-state index contributed by atoms with van der Waals surface area (Å²) in [5, 5.41) is 9.10. The van der Waals surface area contributed by atoms with Gasteiger partial charge in [0.1, 0.15) is 0 Å². The Labute approximate surface area is 79.6 Å². The van der Waals surface area contributed by atoms with Gasteiger partial charge in [-0.3, -0.25) is 4.79 Å². The Balaban J connectivity index is 2.95. The van der Waals surface area contributed by atoms with E-state index in [9.17, 15) is 4.79 Å². The van der Waals surface area contributed by atoms with Crippen LogP contribution in [0.2, 0.25) is 0 Å². The van der Waals surface area contributed by atoms with Gasteiger partial charge >= 0.3 is 5.97 Å². The van der Waals surface area contributed by atoms with Crippen LogP contribution in [0.5, 0.6) is 0 Å². The lowest BCUT2D eigenvalue weighted by Crippen LogP contribution is -2.38. The van der Waals surface area contributed by atoms with E-state index in [2.05, 4.69) is 13.5 Å². The normalized spacial score (nSPS) is 33.0. The summed E-state index contributed by atoms with van der Waals surface area (Å²) >= 11 is 0. The highest BCUT2D eigenvalue weighted by Gasteiger charge is 2.42. The SMILES string of the molecule is C=C1C(C)CCC(C)(C)C1C(=O)O. The first-order chi connectivity index (χ1) is 5.86. The monoisotopic (exact) mass is 182 g/mol. The van der Waals surface area contributed by atoms with Gasteiger partial charge in [0.05, 0.1) is 5.92 Å². The zero-order valence-corrected chi connectivity index (χ0v) is 8.63. The quantitative estimate of drug-likeness (QED) is 0.633. The highest BCUT2D eigenvalue weighted by Crippen LogP contribution is 2.45. The summed E-state index contributed by atoms with van der Waals surface area (Å²) in [5.41, 5.74) is 0.763. The number of aliphatic carboxylic acids is 1. The Morgan fingerprint density at radius 3 is 2.54 bits per heavy atom. The molecule has 0 radical (unpaired) electrons. The predicted octanol–water partition coefficient (Wildman–Crippen LogP) is 2.70. The van der Waals surface area contributed by atoms with Gasteiger partial charge in [-0.15, -0.1) is 0 Å². The molecular weight excluding hydrogens is 164 g/mol. The molecule has 1 N–H and O–H groups in total. The first-order valence-corrected chi connectivity index (χ1v) is 4.78. The van der Waals surface area contributed by atoms with E-state index < -0.39 is 5.97 Å². The molecule has 0 aliphatic heterocycles. The van der Waals surface area contributed by atoms with Crippen molar-refractivity contribution in [1.29, 1.82) is 0 Å². The second-order valence-corrected chi connectivity index (χ2v) is 4.77. The van der Waals surface area contributed by atoms with Crippen LogP contribution in [0.4, 0.5) is 0 Å². The molecule has 2 atom stereocenters. The average Bonchev–Trinajstić information content (AvgIpc) is 1.96. The van der Waals surface area contributed by atoms with Crippen LogP contribution in [0.25, 0.3) is 0 Å². The van der Waals surface area contributed by atoms with E-state index in [1.54, 1.807) is 0 Å². The minimum atomic E-state index is -0.721. The first kappa shape index (κ1) is 10.3. The molecule has 1 aliphatic rings. The molecule has 2 nitrogen and oxygen atoms in total. The molecule has 1 aliphatic carbocycles. The highest BCUT2D eigenvalue weighted by molar-refractivity contribution is 5.75. The summed E-state index contributed by atoms with van der Waals surface area (Å²) in [5.74, 6) is -0.730. The Bertz CT molecular complexity index is 240. The molecule has 1 fully saturated rings. The molecule has 0 spiro atoms. The van der Waals surface area contributed by atoms with Crippen molar-refractivity contribution in [2.45, 2.75) is 33.6 Å². The summed E-state index contributed by atoms with van der Waals surface area (Å²) in [6.45, 7) is 10.0. The maximum Gasteiger partial charge on any atom is 0.311 e. The fourth-order valence-electron chi connectivity index (χ4n) is 2.20. The zero-order valence-electron chi connectivity index (χ0n) is 8.63. The van der Waals surface area contributed by atoms with Gasteiger partial charge in [0.25, 0.3) is 0 Å². The molecule has 0 heterocycles. The van der Waals surface area contributed by atoms with Crippen LogP contribution in [0.3, 0.4) is 0 Å². The number of carboxylic acid groups (broad SMARTS) is 1. The van der Waals surface area contributed by atoms with E-state index in [-0.39, 0.29) is 11.3 Å². The fourth-order valence-corrected chi connectivity index (χ4v) is 2.20. The molecule has 1 saturated carbocycles. The smallest absolute Gasteiger partial charge is 0.311 e. The molecule has 0 aromatic rings. The molecule has 0 aromatic carbocycles. The third-order valence-corrected chi connectivity index (χ3v) is 3.25. The average molecular weight is 182 g/mol. The number of hydrogen-bond acceptors (Lipinski definition) is 1. The van der Waals surface area contributed by atoms with Crippen molar-refractivity contribution in [1.82, 2.24) is 0 Å². The number of rotatable bonds is 1. The lowest BCUT2D eigenvalue weighted by molar-refractivity contribution is -0.145. The summed E-state index contributed by atoms with van der Waals surface area (Å²) < 4.78 is 0. The Morgan fingerprint density at radius 1 is 1.62 bits per heavy atom. The summed E-state index contributed by atoms with van der Waals surface area (Å²) in [6.07, 6.45) is 2.04. The van der Waals surface area contributed by atoms with Gasteiger partial charge in [-0.1, -0.05) is 32.9 Å². The predicted molar refractivity (Wildman–Crippen MR) is 52.4 cm³/mol. The Kier molecular flexibility index (Phi) is 2.51. The van der Waals surface area contributed by atoms with E-state index in [0.717, 1.165) is 18.4 Å². The van der Waals surface area contributed by atoms with Crippen LogP contribution in [0.15, 0.2) is 12.2 Å². The van der Waals surface area contributed by atoms with E-state index in [0.29, 0.717) is 5.92 Å². The van der Waals surface area contributed by atoms with Crippen molar-refractivity contribution in [3.05, 3.63) is 12.2 Å². The fraction of sp³-hybridized carbons (Fsp3) is 0.727. The molecule has 13 heavy (non-hydrogen) atoms. The van der Waals surface area contributed by atoms with Crippen molar-refractivity contribution < 1.29 is 9.90 Å². The minimum Gasteiger partial charge on any atom is -0.481 e. The minimum absolute atomic E-state index is 0.130. The third kappa shape index (κ3) is 1.77. The lowest BCUT2D eigenvalue weighted by atomic mass is 9.63. The Morgan fingerprint density at radius 2 is 2.15 bits per heavy atom. The lowest BCUT2D eigenvalue weighted by Gasteiger charge is -2.40. The van der Waals surface area contributed by atoms with Gasteiger partial charge in [0.15, 0.2) is 0 Å². The van der Waals surface area contributed by atoms with E-state index >= 15 is 0 Å². The van der Waals surface area contributed by atoms with Gasteiger partial charge in [0, 0.05) is 0 Å². The van der Waals surface area contributed by atoms with Gasteiger partial charge in [-0.25, -0.2) is 0 Å². The number of carboxylic acids is 1. The number of hydrogen-bond donors (Lipinski definition) is 1. The maximum absolute atomic E-state index is 11.1. The van der Waals surface area contributed by atoms with Crippen LogP contribution in [0, 0.1) is 17.3 Å². The van der Waals surface area contributed by atoms with Crippen LogP contribution in [0.1, 0.15) is 33.6 Å². The second kappa shape index (κ2) is 3.17. The van der Waals surface area contributed by atoms with Gasteiger partial charge in [0.2, 0.25) is 0 Å². The summed E-state index contributed by atoms with van der Waals surface area (Å²) in [6, 6.07) is 0. The molecule has 74 valence electrons. The second-order valence-electron chi connectivity index (χ2n) is 4.77. The van der Waals surface area contributed by atoms with Crippen molar-refractivity contribution in [3.8, 4) is 0 Å². The van der Waals surface area contributed by atoms with Crippen molar-refractivity contribution in [3.63, 3.8) is 0 Å². The van der Waals surface area contributed by atoms with Crippen LogP contribution in [-0.4, -0.2) is 11.1 Å². The first-order valence-electron chi connectivity index (χ1n) is 4.78. The van der Waals surface area contributed by atoms with Gasteiger partial charge in [-0.05, 0) is 24.2 Å². The van der Waals surface area contributed by atoms with E-state index in [1.807, 2.05) is 13.8 Å². The topological polar surface area (TPSA) is 37.3 Å². The van der Waals surface area contributed by atoms with E-state index in [4.69, 9.17) is 5.11 Å². The molecule has 0 bridgehead atoms. The van der Waals surface area contributed by atoms with Crippen molar-refractivity contribution in [2.24, 2.45) is 17.3 Å². The highest BCUT2D eigenvalue weighted by atomic mass is 16.4. The molecule has 1 rings (SSSR count). The zero-order chi connectivity index (χ0) is 10.2. The molecule has 2 heteroatoms. The summed E-state index contributed by atoms with van der Waals surface area (Å²) in [4.78, 5) is 11.1. The van der Waals surface area contributed by atoms with Gasteiger partial charge < -0.3 is 5.11 Å². The largest absolute Gasteiger partial charge is 0.481 e. The molecular formula is C11H18O2. The molecule has 2 unspecified atom stereocenters. The van der Waals surface area contributed by atoms with Crippen molar-refractivity contribution in [2.75, 3.05) is 0 Å².